The third-order valence-corrected chi connectivity index (χ3v) is 3.61. The third-order valence-electron chi connectivity index (χ3n) is 2.29. The van der Waals surface area contributed by atoms with E-state index in [2.05, 4.69) is 11.4 Å². The van der Waals surface area contributed by atoms with Crippen molar-refractivity contribution in [2.45, 2.75) is 44.1 Å². The largest absolute Gasteiger partial charge is 0.394 e. The van der Waals surface area contributed by atoms with Crippen LogP contribution < -0.4 is 5.32 Å². The molecule has 0 rings (SSSR count). The maximum absolute atomic E-state index is 9.21. The molecule has 5 heteroatoms. The van der Waals surface area contributed by atoms with Crippen LogP contribution >= 0.6 is 11.8 Å². The monoisotopic (exact) mass is 246 g/mol. The van der Waals surface area contributed by atoms with E-state index in [4.69, 9.17) is 10.4 Å². The summed E-state index contributed by atoms with van der Waals surface area (Å²) >= 11 is 1.58. The first-order valence-corrected chi connectivity index (χ1v) is 6.59. The maximum atomic E-state index is 9.21. The van der Waals surface area contributed by atoms with Crippen LogP contribution in [0.25, 0.3) is 0 Å². The molecule has 0 aliphatic heterocycles. The molecule has 0 amide bonds. The average Bonchev–Trinajstić information content (AvgIpc) is 2.26. The zero-order valence-corrected chi connectivity index (χ0v) is 11.0. The average molecular weight is 246 g/mol. The highest BCUT2D eigenvalue weighted by molar-refractivity contribution is 7.99. The number of hydrogen-bond donors (Lipinski definition) is 3. The Morgan fingerprint density at radius 3 is 2.62 bits per heavy atom. The van der Waals surface area contributed by atoms with Gasteiger partial charge in [0, 0.05) is 11.0 Å². The molecule has 94 valence electrons. The number of aliphatic hydroxyl groups is 2. The van der Waals surface area contributed by atoms with E-state index in [1.54, 1.807) is 11.8 Å². The summed E-state index contributed by atoms with van der Waals surface area (Å²) < 4.78 is 0. The minimum absolute atomic E-state index is 0.206. The van der Waals surface area contributed by atoms with E-state index in [-0.39, 0.29) is 11.9 Å². The van der Waals surface area contributed by atoms with Crippen LogP contribution in [0.5, 0.6) is 0 Å². The van der Waals surface area contributed by atoms with Gasteiger partial charge in [-0.15, -0.1) is 0 Å². The molecule has 3 atom stereocenters. The number of aliphatic hydroxyl groups excluding tert-OH is 2. The molecule has 16 heavy (non-hydrogen) atoms. The summed E-state index contributed by atoms with van der Waals surface area (Å²) in [4.78, 5) is 0. The molecule has 0 aromatic heterocycles. The first-order valence-electron chi connectivity index (χ1n) is 5.54. The molecular formula is C11H22N2O2S. The highest BCUT2D eigenvalue weighted by atomic mass is 32.2. The van der Waals surface area contributed by atoms with Crippen molar-refractivity contribution in [3.05, 3.63) is 0 Å². The summed E-state index contributed by atoms with van der Waals surface area (Å²) in [5.74, 6) is 0.505. The van der Waals surface area contributed by atoms with Crippen molar-refractivity contribution in [1.82, 2.24) is 5.32 Å². The molecule has 3 N–H and O–H groups in total. The molecule has 0 heterocycles. The minimum Gasteiger partial charge on any atom is -0.394 e. The molecule has 4 nitrogen and oxygen atoms in total. The number of nitrogens with one attached hydrogen (secondary N) is 1. The van der Waals surface area contributed by atoms with Crippen LogP contribution in [-0.2, 0) is 0 Å². The quantitative estimate of drug-likeness (QED) is 0.589. The van der Waals surface area contributed by atoms with Gasteiger partial charge in [-0.3, -0.25) is 5.32 Å². The van der Waals surface area contributed by atoms with Crippen LogP contribution in [0.15, 0.2) is 0 Å². The molecule has 0 saturated heterocycles. The van der Waals surface area contributed by atoms with Crippen molar-refractivity contribution in [3.8, 4) is 6.07 Å². The molecule has 0 fully saturated rings. The molecule has 0 radical (unpaired) electrons. The second-order valence-corrected chi connectivity index (χ2v) is 5.63. The van der Waals surface area contributed by atoms with Crippen molar-refractivity contribution in [1.29, 1.82) is 5.26 Å². The SMILES string of the molecule is CCNC(C)(C#N)CC(C)SCC(O)CO. The van der Waals surface area contributed by atoms with Gasteiger partial charge in [0.2, 0.25) is 0 Å². The van der Waals surface area contributed by atoms with E-state index in [9.17, 15) is 5.11 Å². The Labute approximate surface area is 102 Å². The van der Waals surface area contributed by atoms with Crippen molar-refractivity contribution < 1.29 is 10.2 Å². The summed E-state index contributed by atoms with van der Waals surface area (Å²) in [5.41, 5.74) is -0.509. The van der Waals surface area contributed by atoms with Gasteiger partial charge in [0.05, 0.1) is 18.8 Å². The van der Waals surface area contributed by atoms with Gasteiger partial charge in [-0.25, -0.2) is 0 Å². The van der Waals surface area contributed by atoms with E-state index in [0.29, 0.717) is 5.75 Å². The Morgan fingerprint density at radius 2 is 2.19 bits per heavy atom. The Morgan fingerprint density at radius 1 is 1.56 bits per heavy atom. The lowest BCUT2D eigenvalue weighted by Crippen LogP contribution is -2.42. The van der Waals surface area contributed by atoms with Crippen molar-refractivity contribution >= 4 is 11.8 Å². The van der Waals surface area contributed by atoms with E-state index >= 15 is 0 Å². The molecule has 0 saturated carbocycles. The topological polar surface area (TPSA) is 76.3 Å². The van der Waals surface area contributed by atoms with Gasteiger partial charge in [-0.05, 0) is 19.9 Å². The maximum Gasteiger partial charge on any atom is 0.104 e. The Kier molecular flexibility index (Phi) is 7.77. The van der Waals surface area contributed by atoms with Gasteiger partial charge in [0.1, 0.15) is 5.54 Å². The normalized spacial score (nSPS) is 18.5. The molecule has 0 aliphatic rings. The number of thioether (sulfide) groups is 1. The summed E-state index contributed by atoms with van der Waals surface area (Å²) in [6.45, 7) is 6.45. The van der Waals surface area contributed by atoms with Gasteiger partial charge in [0.15, 0.2) is 0 Å². The molecule has 0 spiro atoms. The molecule has 0 bridgehead atoms. The summed E-state index contributed by atoms with van der Waals surface area (Å²) in [6, 6.07) is 2.28. The van der Waals surface area contributed by atoms with E-state index in [1.165, 1.54) is 0 Å². The van der Waals surface area contributed by atoms with Gasteiger partial charge in [0.25, 0.3) is 0 Å². The Hall–Kier alpha value is -0.280. The minimum atomic E-state index is -0.667. The second-order valence-electron chi connectivity index (χ2n) is 4.16. The summed E-state index contributed by atoms with van der Waals surface area (Å²) in [5, 5.41) is 30.4. The molecule has 3 unspecified atom stereocenters. The predicted octanol–water partition coefficient (Wildman–Crippen LogP) is 0.743. The van der Waals surface area contributed by atoms with Crippen molar-refractivity contribution in [3.63, 3.8) is 0 Å². The zero-order chi connectivity index (χ0) is 12.6. The van der Waals surface area contributed by atoms with Crippen LogP contribution in [0.1, 0.15) is 27.2 Å². The summed E-state index contributed by atoms with van der Waals surface area (Å²) in [6.07, 6.45) is 0.0556. The number of nitriles is 1. The molecule has 0 aromatic rings. The first kappa shape index (κ1) is 15.7. The Balaban J connectivity index is 4.02. The van der Waals surface area contributed by atoms with Gasteiger partial charge in [-0.2, -0.15) is 17.0 Å². The lowest BCUT2D eigenvalue weighted by atomic mass is 9.98. The molecular weight excluding hydrogens is 224 g/mol. The third kappa shape index (κ3) is 6.33. The van der Waals surface area contributed by atoms with E-state index < -0.39 is 11.6 Å². The fraction of sp³-hybridized carbons (Fsp3) is 0.909. The van der Waals surface area contributed by atoms with Crippen LogP contribution in [-0.4, -0.2) is 46.0 Å². The number of nitrogens with zero attached hydrogens (tertiary/aromatic N) is 1. The van der Waals surface area contributed by atoms with Gasteiger partial charge >= 0.3 is 0 Å². The van der Waals surface area contributed by atoms with Crippen molar-refractivity contribution in [2.75, 3.05) is 18.9 Å². The van der Waals surface area contributed by atoms with Crippen LogP contribution in [0.2, 0.25) is 0 Å². The fourth-order valence-corrected chi connectivity index (χ4v) is 2.62. The highest BCUT2D eigenvalue weighted by Gasteiger charge is 2.25. The van der Waals surface area contributed by atoms with Crippen LogP contribution in [0.4, 0.5) is 0 Å². The lowest BCUT2D eigenvalue weighted by molar-refractivity contribution is 0.113. The summed E-state index contributed by atoms with van der Waals surface area (Å²) in [7, 11) is 0. The first-order chi connectivity index (χ1) is 7.47. The smallest absolute Gasteiger partial charge is 0.104 e. The lowest BCUT2D eigenvalue weighted by Gasteiger charge is -2.26. The standard InChI is InChI=1S/C11H22N2O2S/c1-4-13-11(3,8-12)5-9(2)16-7-10(15)6-14/h9-10,13-15H,4-7H2,1-3H3. The van der Waals surface area contributed by atoms with Crippen LogP contribution in [0, 0.1) is 11.3 Å². The number of rotatable bonds is 8. The predicted molar refractivity (Wildman–Crippen MR) is 67.3 cm³/mol. The van der Waals surface area contributed by atoms with E-state index in [0.717, 1.165) is 13.0 Å². The second kappa shape index (κ2) is 7.91. The van der Waals surface area contributed by atoms with Crippen LogP contribution in [0.3, 0.4) is 0 Å². The van der Waals surface area contributed by atoms with E-state index in [1.807, 2.05) is 20.8 Å². The Bertz CT molecular complexity index is 233. The van der Waals surface area contributed by atoms with Crippen molar-refractivity contribution in [2.24, 2.45) is 0 Å². The van der Waals surface area contributed by atoms with Gasteiger partial charge < -0.3 is 10.2 Å². The zero-order valence-electron chi connectivity index (χ0n) is 10.2. The number of hydrogen-bond acceptors (Lipinski definition) is 5. The molecule has 0 aromatic carbocycles. The highest BCUT2D eigenvalue weighted by Crippen LogP contribution is 2.22. The fourth-order valence-electron chi connectivity index (χ4n) is 1.51. The molecule has 0 aliphatic carbocycles. The van der Waals surface area contributed by atoms with Gasteiger partial charge in [-0.1, -0.05) is 13.8 Å².